The maximum atomic E-state index is 5.94. The van der Waals surface area contributed by atoms with Gasteiger partial charge in [0, 0.05) is 11.8 Å². The lowest BCUT2D eigenvalue weighted by Crippen LogP contribution is -1.92. The number of nitrogens with zero attached hydrogens (tertiary/aromatic N) is 1. The standard InChI is InChI=1S/C11H7Cl3N2/c12-7-4-6(5-8(13)10(7)14)11-9(15)2-1-3-16-11/h1-5H,15H2. The Morgan fingerprint density at radius 2 is 1.69 bits per heavy atom. The normalized spacial score (nSPS) is 10.4. The zero-order valence-corrected chi connectivity index (χ0v) is 10.3. The van der Waals surface area contributed by atoms with E-state index >= 15 is 0 Å². The highest BCUT2D eigenvalue weighted by Crippen LogP contribution is 2.35. The first-order valence-corrected chi connectivity index (χ1v) is 5.58. The van der Waals surface area contributed by atoms with Crippen molar-refractivity contribution < 1.29 is 0 Å². The summed E-state index contributed by atoms with van der Waals surface area (Å²) in [5.74, 6) is 0. The smallest absolute Gasteiger partial charge is 0.0932 e. The molecule has 0 aliphatic heterocycles. The van der Waals surface area contributed by atoms with E-state index in [1.165, 1.54) is 0 Å². The van der Waals surface area contributed by atoms with Crippen molar-refractivity contribution in [2.75, 3.05) is 5.73 Å². The second-order valence-corrected chi connectivity index (χ2v) is 4.39. The zero-order valence-electron chi connectivity index (χ0n) is 8.05. The number of nitrogens with two attached hydrogens (primary N) is 1. The lowest BCUT2D eigenvalue weighted by molar-refractivity contribution is 1.33. The average Bonchev–Trinajstić information content (AvgIpc) is 2.26. The molecule has 0 saturated carbocycles. The molecule has 5 heteroatoms. The van der Waals surface area contributed by atoms with Crippen molar-refractivity contribution in [3.8, 4) is 11.3 Å². The highest BCUT2D eigenvalue weighted by atomic mass is 35.5. The van der Waals surface area contributed by atoms with E-state index in [0.717, 1.165) is 5.56 Å². The largest absolute Gasteiger partial charge is 0.397 e. The summed E-state index contributed by atoms with van der Waals surface area (Å²) in [7, 11) is 0. The highest BCUT2D eigenvalue weighted by Gasteiger charge is 2.09. The van der Waals surface area contributed by atoms with Gasteiger partial charge in [0.1, 0.15) is 0 Å². The first-order chi connectivity index (χ1) is 7.59. The second-order valence-electron chi connectivity index (χ2n) is 3.20. The third kappa shape index (κ3) is 2.09. The monoisotopic (exact) mass is 272 g/mol. The van der Waals surface area contributed by atoms with E-state index in [1.807, 2.05) is 0 Å². The summed E-state index contributed by atoms with van der Waals surface area (Å²) in [4.78, 5) is 4.18. The summed E-state index contributed by atoms with van der Waals surface area (Å²) < 4.78 is 0. The minimum Gasteiger partial charge on any atom is -0.397 e. The maximum absolute atomic E-state index is 5.94. The number of hydrogen-bond donors (Lipinski definition) is 1. The van der Waals surface area contributed by atoms with Gasteiger partial charge in [-0.3, -0.25) is 4.98 Å². The van der Waals surface area contributed by atoms with Gasteiger partial charge in [-0.1, -0.05) is 34.8 Å². The van der Waals surface area contributed by atoms with Crippen LogP contribution >= 0.6 is 34.8 Å². The Morgan fingerprint density at radius 3 is 2.25 bits per heavy atom. The van der Waals surface area contributed by atoms with Crippen LogP contribution in [0.1, 0.15) is 0 Å². The fraction of sp³-hybridized carbons (Fsp3) is 0. The van der Waals surface area contributed by atoms with Crippen LogP contribution in [-0.4, -0.2) is 4.98 Å². The predicted molar refractivity (Wildman–Crippen MR) is 69.1 cm³/mol. The van der Waals surface area contributed by atoms with Crippen molar-refractivity contribution in [2.24, 2.45) is 0 Å². The molecule has 2 rings (SSSR count). The number of rotatable bonds is 1. The summed E-state index contributed by atoms with van der Waals surface area (Å²) >= 11 is 17.7. The minimum absolute atomic E-state index is 0.335. The van der Waals surface area contributed by atoms with E-state index in [1.54, 1.807) is 30.5 Å². The van der Waals surface area contributed by atoms with Crippen molar-refractivity contribution in [1.29, 1.82) is 0 Å². The van der Waals surface area contributed by atoms with Crippen LogP contribution in [0.15, 0.2) is 30.5 Å². The Balaban J connectivity index is 2.62. The summed E-state index contributed by atoms with van der Waals surface area (Å²) in [5.41, 5.74) is 7.77. The zero-order chi connectivity index (χ0) is 11.7. The number of pyridine rings is 1. The number of halogens is 3. The Morgan fingerprint density at radius 1 is 1.06 bits per heavy atom. The fourth-order valence-corrected chi connectivity index (χ4v) is 1.95. The third-order valence-corrected chi connectivity index (χ3v) is 3.29. The number of anilines is 1. The lowest BCUT2D eigenvalue weighted by atomic mass is 10.1. The van der Waals surface area contributed by atoms with Crippen molar-refractivity contribution in [3.05, 3.63) is 45.5 Å². The highest BCUT2D eigenvalue weighted by molar-refractivity contribution is 6.48. The summed E-state index contributed by atoms with van der Waals surface area (Å²) in [6.45, 7) is 0. The third-order valence-electron chi connectivity index (χ3n) is 2.10. The topological polar surface area (TPSA) is 38.9 Å². The van der Waals surface area contributed by atoms with Gasteiger partial charge in [-0.05, 0) is 24.3 Å². The van der Waals surface area contributed by atoms with Crippen LogP contribution in [0.2, 0.25) is 15.1 Å². The van der Waals surface area contributed by atoms with Gasteiger partial charge in [-0.25, -0.2) is 0 Å². The van der Waals surface area contributed by atoms with E-state index in [4.69, 9.17) is 40.5 Å². The molecule has 0 spiro atoms. The van der Waals surface area contributed by atoms with Crippen molar-refractivity contribution >= 4 is 40.5 Å². The number of benzene rings is 1. The van der Waals surface area contributed by atoms with Gasteiger partial charge < -0.3 is 5.73 Å². The first kappa shape index (κ1) is 11.5. The first-order valence-electron chi connectivity index (χ1n) is 4.45. The molecule has 1 heterocycles. The van der Waals surface area contributed by atoms with E-state index in [2.05, 4.69) is 4.98 Å². The quantitative estimate of drug-likeness (QED) is 0.787. The molecule has 16 heavy (non-hydrogen) atoms. The van der Waals surface area contributed by atoms with Crippen LogP contribution < -0.4 is 5.73 Å². The average molecular weight is 274 g/mol. The van der Waals surface area contributed by atoms with E-state index < -0.39 is 0 Å². The van der Waals surface area contributed by atoms with E-state index in [9.17, 15) is 0 Å². The molecular weight excluding hydrogens is 266 g/mol. The maximum Gasteiger partial charge on any atom is 0.0932 e. The lowest BCUT2D eigenvalue weighted by Gasteiger charge is -2.07. The van der Waals surface area contributed by atoms with Crippen LogP contribution in [0.4, 0.5) is 5.69 Å². The van der Waals surface area contributed by atoms with E-state index in [0.29, 0.717) is 26.4 Å². The van der Waals surface area contributed by atoms with Crippen LogP contribution in [-0.2, 0) is 0 Å². The van der Waals surface area contributed by atoms with Gasteiger partial charge in [0.15, 0.2) is 0 Å². The van der Waals surface area contributed by atoms with Crippen LogP contribution in [0.25, 0.3) is 11.3 Å². The molecule has 0 fully saturated rings. The molecule has 1 aromatic carbocycles. The summed E-state index contributed by atoms with van der Waals surface area (Å²) in [6, 6.07) is 6.90. The van der Waals surface area contributed by atoms with Crippen LogP contribution in [0.3, 0.4) is 0 Å². The molecule has 0 atom stereocenters. The van der Waals surface area contributed by atoms with Gasteiger partial charge in [-0.15, -0.1) is 0 Å². The Kier molecular flexibility index (Phi) is 3.24. The van der Waals surface area contributed by atoms with Crippen molar-refractivity contribution in [3.63, 3.8) is 0 Å². The molecule has 0 aliphatic rings. The Bertz CT molecular complexity index is 517. The molecule has 2 N–H and O–H groups in total. The summed E-state index contributed by atoms with van der Waals surface area (Å²) in [6.07, 6.45) is 1.65. The minimum atomic E-state index is 0.335. The van der Waals surface area contributed by atoms with E-state index in [-0.39, 0.29) is 0 Å². The van der Waals surface area contributed by atoms with Gasteiger partial charge in [0.05, 0.1) is 26.4 Å². The molecule has 0 amide bonds. The molecule has 0 unspecified atom stereocenters. The molecule has 0 aliphatic carbocycles. The Labute approximate surface area is 108 Å². The summed E-state index contributed by atoms with van der Waals surface area (Å²) in [5, 5.41) is 1.10. The predicted octanol–water partition coefficient (Wildman–Crippen LogP) is 4.29. The fourth-order valence-electron chi connectivity index (χ4n) is 1.35. The van der Waals surface area contributed by atoms with Gasteiger partial charge in [0.2, 0.25) is 0 Å². The van der Waals surface area contributed by atoms with Gasteiger partial charge in [0.25, 0.3) is 0 Å². The molecular formula is C11H7Cl3N2. The number of aromatic nitrogens is 1. The number of hydrogen-bond acceptors (Lipinski definition) is 2. The van der Waals surface area contributed by atoms with Gasteiger partial charge in [-0.2, -0.15) is 0 Å². The number of nitrogen functional groups attached to an aromatic ring is 1. The Hall–Kier alpha value is -0.960. The molecule has 1 aromatic heterocycles. The molecule has 2 aromatic rings. The molecule has 82 valence electrons. The van der Waals surface area contributed by atoms with Crippen molar-refractivity contribution in [2.45, 2.75) is 0 Å². The van der Waals surface area contributed by atoms with Gasteiger partial charge >= 0.3 is 0 Å². The molecule has 0 radical (unpaired) electrons. The molecule has 0 saturated heterocycles. The molecule has 0 bridgehead atoms. The molecule has 2 nitrogen and oxygen atoms in total. The van der Waals surface area contributed by atoms with Crippen molar-refractivity contribution in [1.82, 2.24) is 4.98 Å². The van der Waals surface area contributed by atoms with Crippen LogP contribution in [0.5, 0.6) is 0 Å². The SMILES string of the molecule is Nc1cccnc1-c1cc(Cl)c(Cl)c(Cl)c1. The van der Waals surface area contributed by atoms with Crippen LogP contribution in [0, 0.1) is 0 Å². The second kappa shape index (κ2) is 4.50.